The van der Waals surface area contributed by atoms with Crippen molar-refractivity contribution in [1.29, 1.82) is 0 Å². The molecule has 5 nitrogen and oxygen atoms in total. The Kier molecular flexibility index (Phi) is 7.73. The van der Waals surface area contributed by atoms with Gasteiger partial charge in [-0.3, -0.25) is 0 Å². The Hall–Kier alpha value is -2.48. The highest BCUT2D eigenvalue weighted by Gasteiger charge is 2.13. The number of allylic oxidation sites excluding steroid dienone is 1. The first-order chi connectivity index (χ1) is 13.6. The number of nitrogens with zero attached hydrogens (tertiary/aromatic N) is 1. The van der Waals surface area contributed by atoms with Gasteiger partial charge in [0.25, 0.3) is 0 Å². The molecular formula is C22H26N2O3S2. The number of hydrogen-bond acceptors (Lipinski definition) is 5. The summed E-state index contributed by atoms with van der Waals surface area (Å²) in [6, 6.07) is 16.2. The molecule has 0 bridgehead atoms. The molecule has 2 aromatic carbocycles. The molecule has 2 rings (SSSR count). The van der Waals surface area contributed by atoms with Gasteiger partial charge in [0.1, 0.15) is 9.99 Å². The molecule has 0 radical (unpaired) electrons. The van der Waals surface area contributed by atoms with Crippen molar-refractivity contribution in [3.05, 3.63) is 82.7 Å². The van der Waals surface area contributed by atoms with E-state index in [4.69, 9.17) is 9.88 Å². The van der Waals surface area contributed by atoms with E-state index in [0.717, 1.165) is 39.8 Å². The van der Waals surface area contributed by atoms with Crippen LogP contribution in [0.25, 0.3) is 16.7 Å². The molecule has 0 unspecified atom stereocenters. The molecule has 2 aromatic rings. The van der Waals surface area contributed by atoms with Gasteiger partial charge in [0, 0.05) is 13.2 Å². The van der Waals surface area contributed by atoms with E-state index in [2.05, 4.69) is 25.3 Å². The fraction of sp³-hybridized carbons (Fsp3) is 0.182. The summed E-state index contributed by atoms with van der Waals surface area (Å²) in [4.78, 5) is 1.75. The van der Waals surface area contributed by atoms with Crippen LogP contribution in [0.1, 0.15) is 19.4 Å². The minimum atomic E-state index is -3.80. The van der Waals surface area contributed by atoms with Crippen molar-refractivity contribution in [3.63, 3.8) is 0 Å². The summed E-state index contributed by atoms with van der Waals surface area (Å²) >= 11 is 0.925. The standard InChI is InChI=1S/C22H26N2O3S2/c1-6-27-22-13-11-21(12-14-22)20-9-7-19(8-10-20)16(2)15-24(5)17(3)28-18(4)29(23,25)26/h7-15H,3-4,6H2,1-2,5H3,(H2,23,25,26)/b16-15+. The first kappa shape index (κ1) is 22.8. The van der Waals surface area contributed by atoms with Crippen molar-refractivity contribution in [2.75, 3.05) is 13.7 Å². The van der Waals surface area contributed by atoms with Gasteiger partial charge in [-0.25, -0.2) is 13.6 Å². The molecule has 7 heteroatoms. The number of ether oxygens (including phenoxy) is 1. The van der Waals surface area contributed by atoms with E-state index in [1.807, 2.05) is 56.4 Å². The molecule has 0 aliphatic carbocycles. The van der Waals surface area contributed by atoms with Crippen molar-refractivity contribution in [1.82, 2.24) is 4.90 Å². The van der Waals surface area contributed by atoms with Crippen LogP contribution in [0.3, 0.4) is 0 Å². The number of primary sulfonamides is 1. The molecule has 0 aliphatic heterocycles. The topological polar surface area (TPSA) is 72.6 Å². The number of benzene rings is 2. The van der Waals surface area contributed by atoms with Crippen LogP contribution in [0.2, 0.25) is 0 Å². The summed E-state index contributed by atoms with van der Waals surface area (Å²) in [6.07, 6.45) is 1.89. The molecule has 0 heterocycles. The normalized spacial score (nSPS) is 11.8. The zero-order valence-electron chi connectivity index (χ0n) is 16.9. The summed E-state index contributed by atoms with van der Waals surface area (Å²) < 4.78 is 28.0. The highest BCUT2D eigenvalue weighted by atomic mass is 32.3. The predicted octanol–water partition coefficient (Wildman–Crippen LogP) is 5.01. The summed E-state index contributed by atoms with van der Waals surface area (Å²) in [6.45, 7) is 11.9. The van der Waals surface area contributed by atoms with Gasteiger partial charge in [-0.2, -0.15) is 0 Å². The number of thioether (sulfide) groups is 1. The van der Waals surface area contributed by atoms with Gasteiger partial charge < -0.3 is 9.64 Å². The lowest BCUT2D eigenvalue weighted by Crippen LogP contribution is -2.14. The van der Waals surface area contributed by atoms with E-state index < -0.39 is 10.0 Å². The molecule has 0 amide bonds. The van der Waals surface area contributed by atoms with Crippen molar-refractivity contribution in [2.24, 2.45) is 5.14 Å². The lowest BCUT2D eigenvalue weighted by Gasteiger charge is -2.18. The maximum Gasteiger partial charge on any atom is 0.243 e. The average molecular weight is 431 g/mol. The van der Waals surface area contributed by atoms with Gasteiger partial charge in [-0.05, 0) is 48.2 Å². The van der Waals surface area contributed by atoms with Crippen LogP contribution in [-0.2, 0) is 10.0 Å². The maximum absolute atomic E-state index is 11.3. The molecular weight excluding hydrogens is 404 g/mol. The van der Waals surface area contributed by atoms with Gasteiger partial charge in [0.15, 0.2) is 0 Å². The summed E-state index contributed by atoms with van der Waals surface area (Å²) in [5, 5.41) is 5.58. The second-order valence-electron chi connectivity index (χ2n) is 6.37. The van der Waals surface area contributed by atoms with Crippen LogP contribution in [0.15, 0.2) is 77.2 Å². The lowest BCUT2D eigenvalue weighted by atomic mass is 10.0. The summed E-state index contributed by atoms with van der Waals surface area (Å²) in [7, 11) is -2.00. The fourth-order valence-corrected chi connectivity index (χ4v) is 3.75. The first-order valence-corrected chi connectivity index (χ1v) is 11.3. The molecule has 0 aromatic heterocycles. The SMILES string of the molecule is C=C(SC(=C)S(N)(=O)=O)N(C)/C=C(\C)c1ccc(-c2ccc(OCC)cc2)cc1. The van der Waals surface area contributed by atoms with Gasteiger partial charge in [-0.15, -0.1) is 0 Å². The third kappa shape index (κ3) is 6.52. The Labute approximate surface area is 177 Å². The first-order valence-electron chi connectivity index (χ1n) is 8.95. The van der Waals surface area contributed by atoms with E-state index in [1.165, 1.54) is 0 Å². The molecule has 0 saturated carbocycles. The van der Waals surface area contributed by atoms with Crippen molar-refractivity contribution < 1.29 is 13.2 Å². The second-order valence-corrected chi connectivity index (χ2v) is 9.38. The van der Waals surface area contributed by atoms with Crippen LogP contribution in [-0.4, -0.2) is 27.0 Å². The van der Waals surface area contributed by atoms with Crippen molar-refractivity contribution in [2.45, 2.75) is 13.8 Å². The van der Waals surface area contributed by atoms with E-state index in [9.17, 15) is 8.42 Å². The van der Waals surface area contributed by atoms with Gasteiger partial charge in [0.05, 0.1) is 11.6 Å². The van der Waals surface area contributed by atoms with Gasteiger partial charge in [0.2, 0.25) is 10.0 Å². The van der Waals surface area contributed by atoms with Gasteiger partial charge in [-0.1, -0.05) is 61.3 Å². The van der Waals surface area contributed by atoms with Crippen LogP contribution >= 0.6 is 11.8 Å². The Morgan fingerprint density at radius 3 is 2.10 bits per heavy atom. The smallest absolute Gasteiger partial charge is 0.243 e. The summed E-state index contributed by atoms with van der Waals surface area (Å²) in [5.74, 6) is 0.859. The fourth-order valence-electron chi connectivity index (χ4n) is 2.53. The number of hydrogen-bond donors (Lipinski definition) is 1. The zero-order valence-corrected chi connectivity index (χ0v) is 18.5. The predicted molar refractivity (Wildman–Crippen MR) is 123 cm³/mol. The second kappa shape index (κ2) is 9.82. The van der Waals surface area contributed by atoms with Crippen LogP contribution in [0, 0.1) is 0 Å². The Balaban J connectivity index is 2.09. The average Bonchev–Trinajstić information content (AvgIpc) is 2.68. The third-order valence-corrected chi connectivity index (χ3v) is 6.50. The Bertz CT molecular complexity index is 1010. The molecule has 0 fully saturated rings. The third-order valence-electron chi connectivity index (χ3n) is 4.17. The Morgan fingerprint density at radius 1 is 1.10 bits per heavy atom. The number of rotatable bonds is 9. The number of sulfonamides is 1. The molecule has 0 spiro atoms. The highest BCUT2D eigenvalue weighted by molar-refractivity contribution is 8.20. The van der Waals surface area contributed by atoms with E-state index in [-0.39, 0.29) is 4.24 Å². The zero-order chi connectivity index (χ0) is 21.6. The van der Waals surface area contributed by atoms with Crippen LogP contribution in [0.5, 0.6) is 5.75 Å². The highest BCUT2D eigenvalue weighted by Crippen LogP contribution is 2.29. The van der Waals surface area contributed by atoms with E-state index in [0.29, 0.717) is 11.6 Å². The maximum atomic E-state index is 11.3. The minimum Gasteiger partial charge on any atom is -0.494 e. The van der Waals surface area contributed by atoms with E-state index in [1.54, 1.807) is 11.9 Å². The molecule has 29 heavy (non-hydrogen) atoms. The molecule has 154 valence electrons. The van der Waals surface area contributed by atoms with Crippen LogP contribution in [0.4, 0.5) is 0 Å². The monoisotopic (exact) mass is 430 g/mol. The van der Waals surface area contributed by atoms with Crippen molar-refractivity contribution in [3.8, 4) is 16.9 Å². The molecule has 2 N–H and O–H groups in total. The molecule has 0 aliphatic rings. The molecule has 0 saturated heterocycles. The van der Waals surface area contributed by atoms with Crippen LogP contribution < -0.4 is 9.88 Å². The quantitative estimate of drug-likeness (QED) is 0.605. The lowest BCUT2D eigenvalue weighted by molar-refractivity contribution is 0.340. The van der Waals surface area contributed by atoms with E-state index >= 15 is 0 Å². The molecule has 0 atom stereocenters. The summed E-state index contributed by atoms with van der Waals surface area (Å²) in [5.41, 5.74) is 4.29. The van der Waals surface area contributed by atoms with Gasteiger partial charge >= 0.3 is 0 Å². The number of nitrogens with two attached hydrogens (primary N) is 1. The Morgan fingerprint density at radius 2 is 1.62 bits per heavy atom. The minimum absolute atomic E-state index is 0.139. The van der Waals surface area contributed by atoms with Crippen molar-refractivity contribution >= 4 is 27.4 Å². The largest absolute Gasteiger partial charge is 0.494 e.